The van der Waals surface area contributed by atoms with E-state index in [0.717, 1.165) is 35.5 Å². The zero-order valence-electron chi connectivity index (χ0n) is 16.2. The molecule has 3 aromatic rings. The van der Waals surface area contributed by atoms with Crippen LogP contribution in [-0.4, -0.2) is 15.7 Å². The fraction of sp³-hybridized carbons (Fsp3) is 0.364. The molecule has 5 nitrogen and oxygen atoms in total. The Balaban J connectivity index is 1.81. The van der Waals surface area contributed by atoms with E-state index in [2.05, 4.69) is 24.3 Å². The summed E-state index contributed by atoms with van der Waals surface area (Å²) in [5.74, 6) is 1.42. The maximum atomic E-state index is 12.9. The lowest BCUT2D eigenvalue weighted by Gasteiger charge is -2.19. The average Bonchev–Trinajstić information content (AvgIpc) is 3.33. The van der Waals surface area contributed by atoms with E-state index in [1.54, 1.807) is 6.26 Å². The third-order valence-electron chi connectivity index (χ3n) is 5.00. The Morgan fingerprint density at radius 2 is 1.89 bits per heavy atom. The molecule has 0 saturated heterocycles. The lowest BCUT2D eigenvalue weighted by atomic mass is 9.93. The van der Waals surface area contributed by atoms with Gasteiger partial charge in [-0.15, -0.1) is 0 Å². The van der Waals surface area contributed by atoms with Crippen molar-refractivity contribution in [3.63, 3.8) is 0 Å². The number of benzene rings is 1. The molecule has 0 aliphatic carbocycles. The summed E-state index contributed by atoms with van der Waals surface area (Å²) >= 11 is 0. The van der Waals surface area contributed by atoms with Gasteiger partial charge in [0.1, 0.15) is 11.6 Å². The van der Waals surface area contributed by atoms with E-state index in [0.29, 0.717) is 6.42 Å². The molecule has 0 spiro atoms. The number of carbonyl (C=O) groups is 1. The van der Waals surface area contributed by atoms with Gasteiger partial charge in [0.2, 0.25) is 5.91 Å². The lowest BCUT2D eigenvalue weighted by molar-refractivity contribution is -0.116. The quantitative estimate of drug-likeness (QED) is 0.589. The number of furan rings is 1. The fourth-order valence-electron chi connectivity index (χ4n) is 3.44. The van der Waals surface area contributed by atoms with Crippen molar-refractivity contribution in [1.29, 1.82) is 0 Å². The van der Waals surface area contributed by atoms with Crippen LogP contribution >= 0.6 is 0 Å². The average molecular weight is 365 g/mol. The van der Waals surface area contributed by atoms with Gasteiger partial charge in [0.25, 0.3) is 0 Å². The molecule has 0 bridgehead atoms. The lowest BCUT2D eigenvalue weighted by Crippen LogP contribution is -2.21. The van der Waals surface area contributed by atoms with Crippen molar-refractivity contribution in [3.8, 4) is 0 Å². The van der Waals surface area contributed by atoms with Gasteiger partial charge in [-0.05, 0) is 37.5 Å². The van der Waals surface area contributed by atoms with Crippen LogP contribution in [0, 0.1) is 6.92 Å². The summed E-state index contributed by atoms with van der Waals surface area (Å²) in [4.78, 5) is 12.9. The van der Waals surface area contributed by atoms with Crippen LogP contribution in [-0.2, 0) is 4.79 Å². The second-order valence-corrected chi connectivity index (χ2v) is 6.82. The van der Waals surface area contributed by atoms with E-state index in [4.69, 9.17) is 4.42 Å². The molecule has 0 aliphatic heterocycles. The number of hydrogen-bond donors (Lipinski definition) is 1. The third kappa shape index (κ3) is 4.30. The molecule has 1 amide bonds. The van der Waals surface area contributed by atoms with Crippen molar-refractivity contribution in [2.24, 2.45) is 0 Å². The highest BCUT2D eigenvalue weighted by atomic mass is 16.3. The molecule has 0 saturated carbocycles. The minimum Gasteiger partial charge on any atom is -0.469 e. The van der Waals surface area contributed by atoms with Gasteiger partial charge < -0.3 is 9.73 Å². The van der Waals surface area contributed by atoms with Crippen molar-refractivity contribution in [2.75, 3.05) is 5.32 Å². The van der Waals surface area contributed by atoms with Crippen LogP contribution < -0.4 is 5.32 Å². The molecule has 27 heavy (non-hydrogen) atoms. The molecule has 5 heteroatoms. The first-order valence-corrected chi connectivity index (χ1v) is 9.56. The van der Waals surface area contributed by atoms with E-state index < -0.39 is 0 Å². The highest BCUT2D eigenvalue weighted by Crippen LogP contribution is 2.30. The highest BCUT2D eigenvalue weighted by molar-refractivity contribution is 5.91. The number of rotatable bonds is 8. The summed E-state index contributed by atoms with van der Waals surface area (Å²) < 4.78 is 7.55. The van der Waals surface area contributed by atoms with Gasteiger partial charge in [-0.25, -0.2) is 4.68 Å². The summed E-state index contributed by atoms with van der Waals surface area (Å²) in [7, 11) is 0. The maximum Gasteiger partial charge on any atom is 0.226 e. The monoisotopic (exact) mass is 365 g/mol. The normalized spacial score (nSPS) is 12.3. The predicted molar refractivity (Wildman–Crippen MR) is 107 cm³/mol. The zero-order valence-corrected chi connectivity index (χ0v) is 16.2. The largest absolute Gasteiger partial charge is 0.469 e. The number of aromatic nitrogens is 2. The Bertz CT molecular complexity index is 849. The molecule has 1 aromatic carbocycles. The summed E-state index contributed by atoms with van der Waals surface area (Å²) in [5.41, 5.74) is 2.04. The van der Waals surface area contributed by atoms with Gasteiger partial charge in [0, 0.05) is 12.0 Å². The topological polar surface area (TPSA) is 60.1 Å². The minimum atomic E-state index is -0.119. The Morgan fingerprint density at radius 1 is 1.15 bits per heavy atom. The van der Waals surface area contributed by atoms with Crippen LogP contribution in [0.1, 0.15) is 62.0 Å². The van der Waals surface area contributed by atoms with Crippen LogP contribution in [0.15, 0.2) is 59.3 Å². The van der Waals surface area contributed by atoms with Crippen molar-refractivity contribution in [1.82, 2.24) is 9.78 Å². The van der Waals surface area contributed by atoms with Crippen molar-refractivity contribution in [3.05, 3.63) is 71.8 Å². The first kappa shape index (κ1) is 19.0. The molecule has 0 radical (unpaired) electrons. The molecule has 142 valence electrons. The molecule has 1 atom stereocenters. The first-order valence-electron chi connectivity index (χ1n) is 9.56. The summed E-state index contributed by atoms with van der Waals surface area (Å²) in [6.45, 7) is 6.25. The van der Waals surface area contributed by atoms with E-state index >= 15 is 0 Å². The predicted octanol–water partition coefficient (Wildman–Crippen LogP) is 5.31. The Labute approximate surface area is 160 Å². The van der Waals surface area contributed by atoms with Gasteiger partial charge >= 0.3 is 0 Å². The Hall–Kier alpha value is -2.82. The van der Waals surface area contributed by atoms with Crippen molar-refractivity contribution in [2.45, 2.75) is 52.0 Å². The zero-order chi connectivity index (χ0) is 19.2. The molecule has 2 heterocycles. The fourth-order valence-corrected chi connectivity index (χ4v) is 3.44. The second kappa shape index (κ2) is 8.71. The van der Waals surface area contributed by atoms with E-state index in [9.17, 15) is 4.79 Å². The summed E-state index contributed by atoms with van der Waals surface area (Å²) in [6.07, 6.45) is 5.72. The Morgan fingerprint density at radius 3 is 2.52 bits per heavy atom. The molecule has 0 fully saturated rings. The van der Waals surface area contributed by atoms with Crippen LogP contribution in [0.2, 0.25) is 0 Å². The van der Waals surface area contributed by atoms with Gasteiger partial charge in [-0.1, -0.05) is 44.2 Å². The van der Waals surface area contributed by atoms with Crippen molar-refractivity contribution < 1.29 is 9.21 Å². The van der Waals surface area contributed by atoms with Crippen LogP contribution in [0.4, 0.5) is 5.82 Å². The molecule has 1 N–H and O–H groups in total. The summed E-state index contributed by atoms with van der Waals surface area (Å²) in [5, 5.41) is 7.57. The molecular formula is C22H27N3O2. The van der Waals surface area contributed by atoms with Crippen LogP contribution in [0.25, 0.3) is 0 Å². The van der Waals surface area contributed by atoms with E-state index in [-0.39, 0.29) is 17.9 Å². The summed E-state index contributed by atoms with van der Waals surface area (Å²) in [6, 6.07) is 14.1. The number of nitrogens with zero attached hydrogens (tertiary/aromatic N) is 2. The number of nitrogens with one attached hydrogen (secondary N) is 1. The minimum absolute atomic E-state index is 0.0453. The Kier molecular flexibility index (Phi) is 6.12. The number of amides is 1. The van der Waals surface area contributed by atoms with Gasteiger partial charge in [0.15, 0.2) is 0 Å². The molecule has 0 aliphatic rings. The molecule has 3 rings (SSSR count). The smallest absolute Gasteiger partial charge is 0.226 e. The van der Waals surface area contributed by atoms with Gasteiger partial charge in [-0.3, -0.25) is 4.79 Å². The molecule has 2 aromatic heterocycles. The highest BCUT2D eigenvalue weighted by Gasteiger charge is 2.23. The molecule has 1 unspecified atom stereocenters. The number of hydrogen-bond acceptors (Lipinski definition) is 3. The molecular weight excluding hydrogens is 338 g/mol. The second-order valence-electron chi connectivity index (χ2n) is 6.82. The van der Waals surface area contributed by atoms with Crippen molar-refractivity contribution >= 4 is 11.7 Å². The first-order chi connectivity index (χ1) is 13.1. The third-order valence-corrected chi connectivity index (χ3v) is 5.00. The SMILES string of the molecule is CCC(CC)n1ncc(C)c1NC(=O)CC(c1ccccc1)c1ccco1. The van der Waals surface area contributed by atoms with E-state index in [1.807, 2.05) is 60.3 Å². The van der Waals surface area contributed by atoms with Gasteiger partial charge in [0.05, 0.1) is 24.4 Å². The standard InChI is InChI=1S/C22H27N3O2/c1-4-18(5-2)25-22(16(3)15-23-25)24-21(26)14-19(20-12-9-13-27-20)17-10-7-6-8-11-17/h6-13,15,18-19H,4-5,14H2,1-3H3,(H,24,26). The number of anilines is 1. The van der Waals surface area contributed by atoms with Crippen LogP contribution in [0.5, 0.6) is 0 Å². The van der Waals surface area contributed by atoms with E-state index in [1.165, 1.54) is 0 Å². The van der Waals surface area contributed by atoms with Crippen LogP contribution in [0.3, 0.4) is 0 Å². The maximum absolute atomic E-state index is 12.9. The number of aryl methyl sites for hydroxylation is 1. The number of carbonyl (C=O) groups excluding carboxylic acids is 1. The van der Waals surface area contributed by atoms with Gasteiger partial charge in [-0.2, -0.15) is 5.10 Å².